The van der Waals surface area contributed by atoms with Crippen molar-refractivity contribution >= 4 is 39.6 Å². The van der Waals surface area contributed by atoms with Crippen LogP contribution in [0, 0.1) is 3.57 Å². The Morgan fingerprint density at radius 3 is 2.62 bits per heavy atom. The molecule has 1 aliphatic rings. The highest BCUT2D eigenvalue weighted by atomic mass is 127. The molecule has 3 aromatic rings. The Balaban J connectivity index is 2.14. The normalized spacial score (nSPS) is 13.4. The van der Waals surface area contributed by atoms with E-state index in [2.05, 4.69) is 100.0 Å². The molecule has 2 aromatic carbocycles. The molecule has 4 rings (SSSR count). The molecule has 0 unspecified atom stereocenters. The SMILES string of the molecule is Ic1ccccc1-n1c2c(c3ccccc31)C=CC=CC2. The van der Waals surface area contributed by atoms with Crippen LogP contribution in [0.5, 0.6) is 0 Å². The first-order valence-corrected chi connectivity index (χ1v) is 8.14. The first kappa shape index (κ1) is 12.9. The fourth-order valence-electron chi connectivity index (χ4n) is 3.02. The van der Waals surface area contributed by atoms with E-state index in [1.54, 1.807) is 0 Å². The van der Waals surface area contributed by atoms with Gasteiger partial charge in [0.15, 0.2) is 0 Å². The van der Waals surface area contributed by atoms with Gasteiger partial charge in [-0.1, -0.05) is 54.6 Å². The molecule has 0 atom stereocenters. The van der Waals surface area contributed by atoms with Crippen LogP contribution >= 0.6 is 22.6 Å². The highest BCUT2D eigenvalue weighted by Crippen LogP contribution is 2.33. The van der Waals surface area contributed by atoms with E-state index in [0.29, 0.717) is 0 Å². The van der Waals surface area contributed by atoms with E-state index in [1.807, 2.05) is 0 Å². The predicted molar refractivity (Wildman–Crippen MR) is 97.9 cm³/mol. The average Bonchev–Trinajstić information content (AvgIpc) is 2.67. The summed E-state index contributed by atoms with van der Waals surface area (Å²) in [4.78, 5) is 0. The second-order valence-corrected chi connectivity index (χ2v) is 6.32. The second kappa shape index (κ2) is 5.19. The number of benzene rings is 2. The number of aromatic nitrogens is 1. The third-order valence-electron chi connectivity index (χ3n) is 3.93. The molecule has 1 heterocycles. The van der Waals surface area contributed by atoms with Crippen molar-refractivity contribution in [2.75, 3.05) is 0 Å². The van der Waals surface area contributed by atoms with Crippen molar-refractivity contribution in [1.82, 2.24) is 4.57 Å². The number of fused-ring (bicyclic) bond motifs is 3. The van der Waals surface area contributed by atoms with E-state index in [1.165, 1.54) is 31.4 Å². The maximum absolute atomic E-state index is 2.42. The fraction of sp³-hybridized carbons (Fsp3) is 0.0526. The quantitative estimate of drug-likeness (QED) is 0.499. The molecule has 0 amide bonds. The Bertz CT molecular complexity index is 884. The molecule has 0 bridgehead atoms. The Kier molecular flexibility index (Phi) is 3.19. The Morgan fingerprint density at radius 1 is 0.905 bits per heavy atom. The van der Waals surface area contributed by atoms with Crippen LogP contribution in [0.2, 0.25) is 0 Å². The second-order valence-electron chi connectivity index (χ2n) is 5.16. The lowest BCUT2D eigenvalue weighted by Gasteiger charge is -2.12. The van der Waals surface area contributed by atoms with Crippen LogP contribution < -0.4 is 0 Å². The van der Waals surface area contributed by atoms with E-state index in [0.717, 1.165) is 6.42 Å². The van der Waals surface area contributed by atoms with Crippen molar-refractivity contribution < 1.29 is 0 Å². The summed E-state index contributed by atoms with van der Waals surface area (Å²) >= 11 is 2.42. The lowest BCUT2D eigenvalue weighted by molar-refractivity contribution is 0.996. The van der Waals surface area contributed by atoms with Crippen molar-refractivity contribution in [3.8, 4) is 5.69 Å². The van der Waals surface area contributed by atoms with Gasteiger partial charge in [-0.15, -0.1) is 0 Å². The van der Waals surface area contributed by atoms with Crippen molar-refractivity contribution in [3.05, 3.63) is 81.6 Å². The van der Waals surface area contributed by atoms with Gasteiger partial charge < -0.3 is 4.57 Å². The summed E-state index contributed by atoms with van der Waals surface area (Å²) in [6.07, 6.45) is 9.69. The molecule has 0 fully saturated rings. The van der Waals surface area contributed by atoms with Crippen LogP contribution in [0.15, 0.2) is 66.8 Å². The molecule has 0 spiro atoms. The fourth-order valence-corrected chi connectivity index (χ4v) is 3.65. The first-order chi connectivity index (χ1) is 10.4. The number of rotatable bonds is 1. The van der Waals surface area contributed by atoms with Gasteiger partial charge in [0.1, 0.15) is 0 Å². The Hall–Kier alpha value is -1.81. The van der Waals surface area contributed by atoms with Gasteiger partial charge in [-0.05, 0) is 40.8 Å². The molecule has 0 aliphatic heterocycles. The monoisotopic (exact) mass is 383 g/mol. The third-order valence-corrected chi connectivity index (χ3v) is 4.84. The predicted octanol–water partition coefficient (Wildman–Crippen LogP) is 5.36. The molecule has 0 N–H and O–H groups in total. The van der Waals surface area contributed by atoms with Crippen molar-refractivity contribution in [2.24, 2.45) is 0 Å². The van der Waals surface area contributed by atoms with Crippen LogP contribution in [0.3, 0.4) is 0 Å². The molecule has 0 radical (unpaired) electrons. The van der Waals surface area contributed by atoms with E-state index < -0.39 is 0 Å². The summed E-state index contributed by atoms with van der Waals surface area (Å²) in [5.74, 6) is 0. The van der Waals surface area contributed by atoms with Crippen LogP contribution in [0.1, 0.15) is 11.3 Å². The summed E-state index contributed by atoms with van der Waals surface area (Å²) < 4.78 is 3.68. The van der Waals surface area contributed by atoms with Crippen LogP contribution in [0.4, 0.5) is 0 Å². The summed E-state index contributed by atoms with van der Waals surface area (Å²) in [6, 6.07) is 17.2. The minimum absolute atomic E-state index is 0.960. The third kappa shape index (κ3) is 2.05. The van der Waals surface area contributed by atoms with E-state index in [9.17, 15) is 0 Å². The summed E-state index contributed by atoms with van der Waals surface area (Å²) in [7, 11) is 0. The van der Waals surface area contributed by atoms with Gasteiger partial charge in [0.25, 0.3) is 0 Å². The summed E-state index contributed by atoms with van der Waals surface area (Å²) in [6.45, 7) is 0. The highest BCUT2D eigenvalue weighted by molar-refractivity contribution is 14.1. The zero-order valence-corrected chi connectivity index (χ0v) is 13.6. The van der Waals surface area contributed by atoms with Crippen LogP contribution in [-0.4, -0.2) is 4.57 Å². The number of allylic oxidation sites excluding steroid dienone is 3. The largest absolute Gasteiger partial charge is 0.312 e. The number of halogens is 1. The van der Waals surface area contributed by atoms with Crippen LogP contribution in [-0.2, 0) is 6.42 Å². The van der Waals surface area contributed by atoms with Crippen molar-refractivity contribution in [3.63, 3.8) is 0 Å². The van der Waals surface area contributed by atoms with Gasteiger partial charge in [-0.2, -0.15) is 0 Å². The Morgan fingerprint density at radius 2 is 1.71 bits per heavy atom. The van der Waals surface area contributed by atoms with E-state index >= 15 is 0 Å². The maximum atomic E-state index is 2.42. The molecule has 1 aromatic heterocycles. The molecule has 0 saturated heterocycles. The molecular formula is C19H14IN. The number of hydrogen-bond donors (Lipinski definition) is 0. The van der Waals surface area contributed by atoms with Crippen LogP contribution in [0.25, 0.3) is 22.7 Å². The van der Waals surface area contributed by atoms with E-state index in [4.69, 9.17) is 0 Å². The standard InChI is InChI=1S/C19H14IN/c20-16-10-5-7-13-19(16)21-17-11-3-1-2-8-14(17)15-9-4-6-12-18(15)21/h1-10,12-13H,11H2. The Labute approximate surface area is 137 Å². The molecule has 0 saturated carbocycles. The maximum Gasteiger partial charge on any atom is 0.0592 e. The zero-order chi connectivity index (χ0) is 14.2. The first-order valence-electron chi connectivity index (χ1n) is 7.06. The molecule has 2 heteroatoms. The van der Waals surface area contributed by atoms with Gasteiger partial charge >= 0.3 is 0 Å². The highest BCUT2D eigenvalue weighted by Gasteiger charge is 2.17. The molecular weight excluding hydrogens is 369 g/mol. The lowest BCUT2D eigenvalue weighted by Crippen LogP contribution is -2.02. The summed E-state index contributed by atoms with van der Waals surface area (Å²) in [5.41, 5.74) is 5.26. The smallest absolute Gasteiger partial charge is 0.0592 e. The minimum Gasteiger partial charge on any atom is -0.312 e. The van der Waals surface area contributed by atoms with Crippen molar-refractivity contribution in [1.29, 1.82) is 0 Å². The van der Waals surface area contributed by atoms with Gasteiger partial charge in [0.05, 0.1) is 11.2 Å². The molecule has 1 nitrogen and oxygen atoms in total. The molecule has 21 heavy (non-hydrogen) atoms. The summed E-state index contributed by atoms with van der Waals surface area (Å²) in [5, 5.41) is 1.33. The van der Waals surface area contributed by atoms with Gasteiger partial charge in [0, 0.05) is 26.6 Å². The number of hydrogen-bond acceptors (Lipinski definition) is 0. The lowest BCUT2D eigenvalue weighted by atomic mass is 10.1. The van der Waals surface area contributed by atoms with Crippen molar-refractivity contribution in [2.45, 2.75) is 6.42 Å². The van der Waals surface area contributed by atoms with E-state index in [-0.39, 0.29) is 0 Å². The number of nitrogens with zero attached hydrogens (tertiary/aromatic N) is 1. The minimum atomic E-state index is 0.960. The zero-order valence-electron chi connectivity index (χ0n) is 11.5. The van der Waals surface area contributed by atoms with Gasteiger partial charge in [-0.25, -0.2) is 0 Å². The average molecular weight is 383 g/mol. The van der Waals surface area contributed by atoms with Gasteiger partial charge in [0.2, 0.25) is 0 Å². The van der Waals surface area contributed by atoms with Gasteiger partial charge in [-0.3, -0.25) is 0 Å². The molecule has 102 valence electrons. The number of para-hydroxylation sites is 2. The molecule has 1 aliphatic carbocycles. The topological polar surface area (TPSA) is 4.93 Å².